The largest absolute Gasteiger partial charge is 0.508 e. The number of nitrogens with one attached hydrogen (secondary N) is 1. The Kier molecular flexibility index (Phi) is 8.86. The molecule has 0 aliphatic heterocycles. The van der Waals surface area contributed by atoms with Crippen LogP contribution in [0.1, 0.15) is 25.8 Å². The summed E-state index contributed by atoms with van der Waals surface area (Å²) in [6.07, 6.45) is 0.691. The number of rotatable bonds is 10. The first-order valence-corrected chi connectivity index (χ1v) is 8.12. The highest BCUT2D eigenvalue weighted by Crippen LogP contribution is 2.14. The number of benzene rings is 1. The zero-order valence-corrected chi connectivity index (χ0v) is 14.6. The van der Waals surface area contributed by atoms with E-state index in [1.807, 2.05) is 13.8 Å². The molecular weight excluding hydrogens is 310 g/mol. The van der Waals surface area contributed by atoms with E-state index < -0.39 is 5.92 Å². The summed E-state index contributed by atoms with van der Waals surface area (Å²) in [5, 5.41) is 12.0. The average molecular weight is 337 g/mol. The van der Waals surface area contributed by atoms with Crippen LogP contribution >= 0.6 is 0 Å². The number of ether oxygens (including phenoxy) is 2. The van der Waals surface area contributed by atoms with Gasteiger partial charge in [-0.05, 0) is 30.0 Å². The van der Waals surface area contributed by atoms with Crippen LogP contribution in [0.15, 0.2) is 24.3 Å². The molecule has 6 heteroatoms. The van der Waals surface area contributed by atoms with Gasteiger partial charge in [0.15, 0.2) is 0 Å². The van der Waals surface area contributed by atoms with Crippen LogP contribution in [0.3, 0.4) is 0 Å². The second-order valence-electron chi connectivity index (χ2n) is 6.11. The van der Waals surface area contributed by atoms with Gasteiger partial charge in [-0.2, -0.15) is 0 Å². The Balaban J connectivity index is 2.44. The lowest BCUT2D eigenvalue weighted by atomic mass is 9.99. The molecule has 0 aliphatic rings. The number of hydrogen-bond acceptors (Lipinski definition) is 5. The van der Waals surface area contributed by atoms with Crippen LogP contribution in [0.25, 0.3) is 0 Å². The minimum absolute atomic E-state index is 0.154. The van der Waals surface area contributed by atoms with Crippen molar-refractivity contribution in [2.75, 3.05) is 26.9 Å². The fourth-order valence-electron chi connectivity index (χ4n) is 2.13. The molecule has 1 aromatic carbocycles. The van der Waals surface area contributed by atoms with Gasteiger partial charge in [0.25, 0.3) is 0 Å². The molecule has 0 bridgehead atoms. The Morgan fingerprint density at radius 1 is 1.21 bits per heavy atom. The van der Waals surface area contributed by atoms with Gasteiger partial charge >= 0.3 is 5.97 Å². The predicted molar refractivity (Wildman–Crippen MR) is 90.6 cm³/mol. The van der Waals surface area contributed by atoms with Crippen LogP contribution in [-0.2, 0) is 25.5 Å². The first-order chi connectivity index (χ1) is 11.4. The number of methoxy groups -OCH3 is 1. The van der Waals surface area contributed by atoms with E-state index in [4.69, 9.17) is 9.47 Å². The molecule has 0 fully saturated rings. The lowest BCUT2D eigenvalue weighted by Gasteiger charge is -2.16. The minimum Gasteiger partial charge on any atom is -0.508 e. The highest BCUT2D eigenvalue weighted by molar-refractivity contribution is 5.78. The molecule has 0 aromatic heterocycles. The van der Waals surface area contributed by atoms with Crippen molar-refractivity contribution in [1.29, 1.82) is 0 Å². The van der Waals surface area contributed by atoms with E-state index >= 15 is 0 Å². The maximum Gasteiger partial charge on any atom is 0.310 e. The maximum absolute atomic E-state index is 11.9. The number of aromatic hydroxyl groups is 1. The van der Waals surface area contributed by atoms with Gasteiger partial charge in [0.05, 0.1) is 19.6 Å². The Morgan fingerprint density at radius 2 is 1.88 bits per heavy atom. The second-order valence-corrected chi connectivity index (χ2v) is 6.11. The van der Waals surface area contributed by atoms with Crippen molar-refractivity contribution in [2.45, 2.75) is 26.7 Å². The van der Waals surface area contributed by atoms with E-state index in [1.165, 1.54) is 7.11 Å². The number of phenolic OH excluding ortho intramolecular Hbond substituents is 1. The van der Waals surface area contributed by atoms with Crippen molar-refractivity contribution in [2.24, 2.45) is 11.8 Å². The normalized spacial score (nSPS) is 12.0. The summed E-state index contributed by atoms with van der Waals surface area (Å²) in [5.74, 6) is -0.400. The number of phenols is 1. The Morgan fingerprint density at radius 3 is 2.46 bits per heavy atom. The van der Waals surface area contributed by atoms with E-state index in [0.29, 0.717) is 25.6 Å². The first kappa shape index (κ1) is 20.0. The van der Waals surface area contributed by atoms with Crippen LogP contribution < -0.4 is 5.32 Å². The molecular formula is C18H27NO5. The van der Waals surface area contributed by atoms with Gasteiger partial charge < -0.3 is 19.9 Å². The van der Waals surface area contributed by atoms with Gasteiger partial charge in [-0.1, -0.05) is 26.0 Å². The SMILES string of the molecule is COC(=O)[C@@H](CNC(=O)CCOCC(C)C)Cc1ccc(O)cc1. The van der Waals surface area contributed by atoms with E-state index in [9.17, 15) is 14.7 Å². The number of esters is 1. The van der Waals surface area contributed by atoms with Gasteiger partial charge in [-0.25, -0.2) is 0 Å². The zero-order chi connectivity index (χ0) is 17.9. The molecule has 2 N–H and O–H groups in total. The Hall–Kier alpha value is -2.08. The van der Waals surface area contributed by atoms with Crippen molar-refractivity contribution in [1.82, 2.24) is 5.32 Å². The highest BCUT2D eigenvalue weighted by atomic mass is 16.5. The number of hydrogen-bond donors (Lipinski definition) is 2. The quantitative estimate of drug-likeness (QED) is 0.503. The van der Waals surface area contributed by atoms with Crippen LogP contribution in [0, 0.1) is 11.8 Å². The van der Waals surface area contributed by atoms with Crippen LogP contribution in [0.4, 0.5) is 0 Å². The van der Waals surface area contributed by atoms with E-state index in [-0.39, 0.29) is 30.6 Å². The Labute approximate surface area is 143 Å². The molecule has 1 atom stereocenters. The molecule has 0 saturated heterocycles. The summed E-state index contributed by atoms with van der Waals surface area (Å²) in [5.41, 5.74) is 0.887. The average Bonchev–Trinajstić information content (AvgIpc) is 2.56. The highest BCUT2D eigenvalue weighted by Gasteiger charge is 2.20. The topological polar surface area (TPSA) is 84.9 Å². The first-order valence-electron chi connectivity index (χ1n) is 8.12. The van der Waals surface area contributed by atoms with E-state index in [2.05, 4.69) is 5.32 Å². The summed E-state index contributed by atoms with van der Waals surface area (Å²) < 4.78 is 10.2. The molecule has 0 aliphatic carbocycles. The summed E-state index contributed by atoms with van der Waals surface area (Å²) in [6.45, 7) is 5.29. The Bertz CT molecular complexity index is 513. The third kappa shape index (κ3) is 7.97. The number of amides is 1. The monoisotopic (exact) mass is 337 g/mol. The van der Waals surface area contributed by atoms with E-state index in [0.717, 1.165) is 5.56 Å². The van der Waals surface area contributed by atoms with Crippen LogP contribution in [-0.4, -0.2) is 43.9 Å². The van der Waals surface area contributed by atoms with Crippen molar-refractivity contribution in [3.63, 3.8) is 0 Å². The fraction of sp³-hybridized carbons (Fsp3) is 0.556. The van der Waals surface area contributed by atoms with Crippen molar-refractivity contribution in [3.05, 3.63) is 29.8 Å². The zero-order valence-electron chi connectivity index (χ0n) is 14.6. The molecule has 1 amide bonds. The van der Waals surface area contributed by atoms with Crippen LogP contribution in [0.2, 0.25) is 0 Å². The number of carbonyl (C=O) groups excluding carboxylic acids is 2. The van der Waals surface area contributed by atoms with Gasteiger partial charge in [-0.15, -0.1) is 0 Å². The third-order valence-electron chi connectivity index (χ3n) is 3.42. The van der Waals surface area contributed by atoms with Crippen molar-refractivity contribution >= 4 is 11.9 Å². The summed E-state index contributed by atoms with van der Waals surface area (Å²) in [7, 11) is 1.33. The molecule has 0 saturated carbocycles. The second kappa shape index (κ2) is 10.6. The third-order valence-corrected chi connectivity index (χ3v) is 3.42. The summed E-state index contributed by atoms with van der Waals surface area (Å²) in [4.78, 5) is 23.7. The summed E-state index contributed by atoms with van der Waals surface area (Å²) >= 11 is 0. The van der Waals surface area contributed by atoms with Gasteiger partial charge in [0, 0.05) is 19.6 Å². The molecule has 1 rings (SSSR count). The van der Waals surface area contributed by atoms with Gasteiger partial charge in [0.2, 0.25) is 5.91 Å². The molecule has 24 heavy (non-hydrogen) atoms. The van der Waals surface area contributed by atoms with Gasteiger partial charge in [0.1, 0.15) is 5.75 Å². The molecule has 1 aromatic rings. The van der Waals surface area contributed by atoms with Crippen molar-refractivity contribution < 1.29 is 24.2 Å². The lowest BCUT2D eigenvalue weighted by molar-refractivity contribution is -0.145. The smallest absolute Gasteiger partial charge is 0.310 e. The molecule has 0 unspecified atom stereocenters. The van der Waals surface area contributed by atoms with Gasteiger partial charge in [-0.3, -0.25) is 9.59 Å². The molecule has 0 heterocycles. The minimum atomic E-state index is -0.472. The van der Waals surface area contributed by atoms with Crippen molar-refractivity contribution in [3.8, 4) is 5.75 Å². The van der Waals surface area contributed by atoms with E-state index in [1.54, 1.807) is 24.3 Å². The lowest BCUT2D eigenvalue weighted by Crippen LogP contribution is -2.35. The summed E-state index contributed by atoms with van der Waals surface area (Å²) in [6, 6.07) is 6.61. The number of carbonyl (C=O) groups is 2. The molecule has 6 nitrogen and oxygen atoms in total. The van der Waals surface area contributed by atoms with Crippen LogP contribution in [0.5, 0.6) is 5.75 Å². The predicted octanol–water partition coefficient (Wildman–Crippen LogP) is 1.90. The molecule has 134 valence electrons. The molecule has 0 spiro atoms. The maximum atomic E-state index is 11.9. The fourth-order valence-corrected chi connectivity index (χ4v) is 2.13. The standard InChI is InChI=1S/C18H27NO5/c1-13(2)12-24-9-8-17(21)19-11-15(18(22)23-3)10-14-4-6-16(20)7-5-14/h4-7,13,15,20H,8-12H2,1-3H3,(H,19,21)/t15-/m1/s1. The molecule has 0 radical (unpaired) electrons.